The summed E-state index contributed by atoms with van der Waals surface area (Å²) in [5, 5.41) is 9.34. The second-order valence-electron chi connectivity index (χ2n) is 4.43. The molecule has 1 unspecified atom stereocenters. The van der Waals surface area contributed by atoms with Crippen molar-refractivity contribution in [2.24, 2.45) is 5.73 Å². The molecule has 0 heterocycles. The topological polar surface area (TPSA) is 49.5 Å². The molecule has 100 valence electrons. The third-order valence-corrected chi connectivity index (χ3v) is 3.09. The van der Waals surface area contributed by atoms with Crippen LogP contribution in [0.3, 0.4) is 0 Å². The van der Waals surface area contributed by atoms with E-state index in [4.69, 9.17) is 18.0 Å². The van der Waals surface area contributed by atoms with Crippen LogP contribution in [0.5, 0.6) is 5.75 Å². The monoisotopic (exact) mass is 266 g/mol. The molecule has 0 aliphatic rings. The Balaban J connectivity index is 2.99. The van der Waals surface area contributed by atoms with Crippen LogP contribution in [-0.2, 0) is 0 Å². The van der Waals surface area contributed by atoms with Crippen LogP contribution in [0.1, 0.15) is 38.3 Å². The van der Waals surface area contributed by atoms with E-state index in [9.17, 15) is 5.11 Å². The Morgan fingerprint density at radius 2 is 1.72 bits per heavy atom. The number of hydrogen-bond acceptors (Lipinski definition) is 3. The van der Waals surface area contributed by atoms with Gasteiger partial charge in [0, 0.05) is 0 Å². The number of nitrogens with two attached hydrogens (primary N) is 1. The first kappa shape index (κ1) is 14.9. The molecule has 0 fully saturated rings. The van der Waals surface area contributed by atoms with Gasteiger partial charge in [-0.1, -0.05) is 38.2 Å². The minimum Gasteiger partial charge on any atom is -0.508 e. The van der Waals surface area contributed by atoms with Crippen LogP contribution in [0.25, 0.3) is 0 Å². The molecule has 3 nitrogen and oxygen atoms in total. The molecule has 0 saturated carbocycles. The molecule has 3 N–H and O–H groups in total. The summed E-state index contributed by atoms with van der Waals surface area (Å²) in [4.78, 5) is 2.79. The largest absolute Gasteiger partial charge is 0.508 e. The number of hydrogen-bond donors (Lipinski definition) is 2. The fourth-order valence-electron chi connectivity index (χ4n) is 2.16. The zero-order chi connectivity index (χ0) is 13.5. The lowest BCUT2D eigenvalue weighted by molar-refractivity contribution is 0.245. The number of thiocarbonyl (C=S) groups is 1. The highest BCUT2D eigenvalue weighted by Crippen LogP contribution is 2.23. The van der Waals surface area contributed by atoms with Crippen molar-refractivity contribution >= 4 is 17.2 Å². The van der Waals surface area contributed by atoms with Gasteiger partial charge in [0.25, 0.3) is 0 Å². The summed E-state index contributed by atoms with van der Waals surface area (Å²) in [6, 6.07) is 7.09. The molecule has 1 rings (SSSR count). The van der Waals surface area contributed by atoms with Gasteiger partial charge < -0.3 is 10.8 Å². The van der Waals surface area contributed by atoms with E-state index >= 15 is 0 Å². The lowest BCUT2D eigenvalue weighted by atomic mass is 10.0. The molecule has 0 amide bonds. The lowest BCUT2D eigenvalue weighted by Crippen LogP contribution is -2.37. The van der Waals surface area contributed by atoms with Crippen LogP contribution in [0, 0.1) is 0 Å². The van der Waals surface area contributed by atoms with Crippen molar-refractivity contribution in [1.82, 2.24) is 4.90 Å². The highest BCUT2D eigenvalue weighted by molar-refractivity contribution is 7.80. The van der Waals surface area contributed by atoms with Gasteiger partial charge in [-0.05, 0) is 43.6 Å². The minimum atomic E-state index is -0.0412. The lowest BCUT2D eigenvalue weighted by Gasteiger charge is -2.30. The standard InChI is InChI=1S/C14H22N2OS/c1-3-9-16(10-4-2)13(14(15)18)11-5-7-12(17)8-6-11/h5-8,13,17H,3-4,9-10H2,1-2H3,(H2,15,18). The highest BCUT2D eigenvalue weighted by Gasteiger charge is 2.21. The van der Waals surface area contributed by atoms with Gasteiger partial charge in [0.15, 0.2) is 0 Å². The molecule has 1 atom stereocenters. The van der Waals surface area contributed by atoms with Crippen molar-refractivity contribution in [2.45, 2.75) is 32.7 Å². The summed E-state index contributed by atoms with van der Waals surface area (Å²) in [6.45, 7) is 6.24. The summed E-state index contributed by atoms with van der Waals surface area (Å²) in [6.07, 6.45) is 2.13. The van der Waals surface area contributed by atoms with Crippen molar-refractivity contribution in [1.29, 1.82) is 0 Å². The van der Waals surface area contributed by atoms with Gasteiger partial charge in [-0.25, -0.2) is 0 Å². The van der Waals surface area contributed by atoms with E-state index in [1.54, 1.807) is 12.1 Å². The summed E-state index contributed by atoms with van der Waals surface area (Å²) < 4.78 is 0. The second-order valence-corrected chi connectivity index (χ2v) is 4.90. The van der Waals surface area contributed by atoms with Crippen LogP contribution < -0.4 is 5.73 Å². The zero-order valence-corrected chi connectivity index (χ0v) is 11.9. The first-order valence-electron chi connectivity index (χ1n) is 6.42. The molecule has 0 saturated heterocycles. The van der Waals surface area contributed by atoms with E-state index in [-0.39, 0.29) is 11.8 Å². The van der Waals surface area contributed by atoms with Crippen molar-refractivity contribution < 1.29 is 5.11 Å². The average molecular weight is 266 g/mol. The maximum atomic E-state index is 9.34. The maximum Gasteiger partial charge on any atom is 0.115 e. The van der Waals surface area contributed by atoms with Gasteiger partial charge in [-0.15, -0.1) is 0 Å². The number of rotatable bonds is 7. The van der Waals surface area contributed by atoms with Crippen LogP contribution in [0.4, 0.5) is 0 Å². The molecule has 0 aliphatic carbocycles. The minimum absolute atomic E-state index is 0.0412. The summed E-state index contributed by atoms with van der Waals surface area (Å²) in [5.74, 6) is 0.262. The number of nitrogens with zero attached hydrogens (tertiary/aromatic N) is 1. The Labute approximate surface area is 115 Å². The van der Waals surface area contributed by atoms with Crippen LogP contribution >= 0.6 is 12.2 Å². The first-order valence-corrected chi connectivity index (χ1v) is 6.83. The molecule has 18 heavy (non-hydrogen) atoms. The van der Waals surface area contributed by atoms with E-state index < -0.39 is 0 Å². The fraction of sp³-hybridized carbons (Fsp3) is 0.500. The summed E-state index contributed by atoms with van der Waals surface area (Å²) >= 11 is 5.21. The molecule has 1 aromatic rings. The third-order valence-electron chi connectivity index (χ3n) is 2.87. The molecular formula is C14H22N2OS. The molecule has 0 aromatic heterocycles. The Morgan fingerprint density at radius 3 is 2.11 bits per heavy atom. The number of aromatic hydroxyl groups is 1. The summed E-state index contributed by atoms with van der Waals surface area (Å²) in [7, 11) is 0. The molecule has 1 aromatic carbocycles. The van der Waals surface area contributed by atoms with Crippen molar-refractivity contribution in [3.63, 3.8) is 0 Å². The predicted molar refractivity (Wildman–Crippen MR) is 79.8 cm³/mol. The summed E-state index contributed by atoms with van der Waals surface area (Å²) in [5.41, 5.74) is 6.94. The van der Waals surface area contributed by atoms with E-state index in [2.05, 4.69) is 18.7 Å². The number of phenolic OH excluding ortho intramolecular Hbond substituents is 1. The molecular weight excluding hydrogens is 244 g/mol. The smallest absolute Gasteiger partial charge is 0.115 e. The second kappa shape index (κ2) is 7.34. The highest BCUT2D eigenvalue weighted by atomic mass is 32.1. The van der Waals surface area contributed by atoms with Gasteiger partial charge in [0.05, 0.1) is 11.0 Å². The van der Waals surface area contributed by atoms with Gasteiger partial charge >= 0.3 is 0 Å². The fourth-order valence-corrected chi connectivity index (χ4v) is 2.44. The van der Waals surface area contributed by atoms with Gasteiger partial charge in [0.2, 0.25) is 0 Å². The number of phenols is 1. The molecule has 0 radical (unpaired) electrons. The van der Waals surface area contributed by atoms with Crippen LogP contribution in [0.2, 0.25) is 0 Å². The van der Waals surface area contributed by atoms with E-state index in [0.717, 1.165) is 31.5 Å². The zero-order valence-electron chi connectivity index (χ0n) is 11.1. The van der Waals surface area contributed by atoms with Gasteiger partial charge in [-0.2, -0.15) is 0 Å². The van der Waals surface area contributed by atoms with Gasteiger partial charge in [-0.3, -0.25) is 4.90 Å². The van der Waals surface area contributed by atoms with Crippen LogP contribution in [-0.4, -0.2) is 28.1 Å². The van der Waals surface area contributed by atoms with Gasteiger partial charge in [0.1, 0.15) is 5.75 Å². The molecule has 0 bridgehead atoms. The Morgan fingerprint density at radius 1 is 1.22 bits per heavy atom. The Kier molecular flexibility index (Phi) is 6.09. The first-order chi connectivity index (χ1) is 8.60. The Hall–Kier alpha value is -1.13. The molecule has 0 spiro atoms. The van der Waals surface area contributed by atoms with Crippen molar-refractivity contribution in [3.05, 3.63) is 29.8 Å². The van der Waals surface area contributed by atoms with E-state index in [1.807, 2.05) is 12.1 Å². The van der Waals surface area contributed by atoms with E-state index in [1.165, 1.54) is 0 Å². The third kappa shape index (κ3) is 3.96. The van der Waals surface area contributed by atoms with Crippen LogP contribution in [0.15, 0.2) is 24.3 Å². The normalized spacial score (nSPS) is 12.6. The maximum absolute atomic E-state index is 9.34. The average Bonchev–Trinajstić information content (AvgIpc) is 2.32. The molecule has 0 aliphatic heterocycles. The molecule has 4 heteroatoms. The Bertz CT molecular complexity index is 372. The predicted octanol–water partition coefficient (Wildman–Crippen LogP) is 2.84. The number of benzene rings is 1. The van der Waals surface area contributed by atoms with E-state index in [0.29, 0.717) is 4.99 Å². The SMILES string of the molecule is CCCN(CCC)C(C(N)=S)c1ccc(O)cc1. The van der Waals surface area contributed by atoms with Crippen molar-refractivity contribution in [3.8, 4) is 5.75 Å². The van der Waals surface area contributed by atoms with Crippen molar-refractivity contribution in [2.75, 3.05) is 13.1 Å². The quantitative estimate of drug-likeness (QED) is 0.745.